The first kappa shape index (κ1) is 22.9. The third-order valence-corrected chi connectivity index (χ3v) is 7.29. The van der Waals surface area contributed by atoms with Gasteiger partial charge < -0.3 is 0 Å². The van der Waals surface area contributed by atoms with E-state index < -0.39 is 37.7 Å². The molecular weight excluding hydrogens is 472 g/mol. The van der Waals surface area contributed by atoms with Gasteiger partial charge in [-0.05, 0) is 59.7 Å². The van der Waals surface area contributed by atoms with Crippen molar-refractivity contribution in [3.63, 3.8) is 0 Å². The van der Waals surface area contributed by atoms with Crippen LogP contribution in [0.5, 0.6) is 0 Å². The first-order chi connectivity index (χ1) is 15.5. The van der Waals surface area contributed by atoms with Crippen molar-refractivity contribution in [3.8, 4) is 0 Å². The van der Waals surface area contributed by atoms with Gasteiger partial charge in [0.2, 0.25) is 10.0 Å². The number of sulfonamides is 2. The Morgan fingerprint density at radius 2 is 1.58 bits per heavy atom. The maximum absolute atomic E-state index is 13.9. The molecule has 4 rings (SSSR count). The highest BCUT2D eigenvalue weighted by Crippen LogP contribution is 2.37. The van der Waals surface area contributed by atoms with Crippen molar-refractivity contribution in [2.75, 3.05) is 11.0 Å². The van der Waals surface area contributed by atoms with Crippen LogP contribution < -0.4 is 4.72 Å². The molecule has 0 saturated heterocycles. The summed E-state index contributed by atoms with van der Waals surface area (Å²) in [5.41, 5.74) is 1.75. The molecule has 1 atom stereocenters. The number of anilines is 1. The molecule has 1 N–H and O–H groups in total. The van der Waals surface area contributed by atoms with Crippen LogP contribution in [-0.2, 0) is 20.0 Å². The Balaban J connectivity index is 1.74. The Labute approximate surface area is 190 Å². The van der Waals surface area contributed by atoms with E-state index in [9.17, 15) is 25.6 Å². The number of hydrazone groups is 1. The first-order valence-electron chi connectivity index (χ1n) is 9.74. The molecule has 7 nitrogen and oxygen atoms in total. The van der Waals surface area contributed by atoms with Crippen LogP contribution in [0.25, 0.3) is 0 Å². The van der Waals surface area contributed by atoms with Crippen molar-refractivity contribution in [3.05, 3.63) is 95.6 Å². The zero-order valence-corrected chi connectivity index (χ0v) is 18.9. The Morgan fingerprint density at radius 3 is 2.18 bits per heavy atom. The second-order valence-electron chi connectivity index (χ2n) is 7.50. The van der Waals surface area contributed by atoms with Gasteiger partial charge in [0, 0.05) is 12.1 Å². The lowest BCUT2D eigenvalue weighted by molar-refractivity contribution is 0.370. The normalized spacial score (nSPS) is 16.5. The highest BCUT2D eigenvalue weighted by atomic mass is 32.2. The van der Waals surface area contributed by atoms with Gasteiger partial charge in [-0.1, -0.05) is 24.3 Å². The van der Waals surface area contributed by atoms with Crippen LogP contribution in [0.3, 0.4) is 0 Å². The Bertz CT molecular complexity index is 1420. The van der Waals surface area contributed by atoms with Gasteiger partial charge in [-0.25, -0.2) is 17.2 Å². The minimum absolute atomic E-state index is 0.150. The first-order valence-corrected chi connectivity index (χ1v) is 13.1. The fraction of sp³-hybridized carbons (Fsp3) is 0.136. The van der Waals surface area contributed by atoms with E-state index in [-0.39, 0.29) is 11.3 Å². The molecule has 0 spiro atoms. The smallest absolute Gasteiger partial charge is 0.279 e. The van der Waals surface area contributed by atoms with E-state index in [0.29, 0.717) is 22.5 Å². The second-order valence-corrected chi connectivity index (χ2v) is 11.0. The number of halogens is 2. The lowest BCUT2D eigenvalue weighted by Gasteiger charge is -2.23. The van der Waals surface area contributed by atoms with E-state index >= 15 is 0 Å². The fourth-order valence-electron chi connectivity index (χ4n) is 3.51. The van der Waals surface area contributed by atoms with Crippen molar-refractivity contribution in [2.45, 2.75) is 17.4 Å². The average molecular weight is 492 g/mol. The van der Waals surface area contributed by atoms with E-state index in [4.69, 9.17) is 0 Å². The van der Waals surface area contributed by atoms with Gasteiger partial charge in [-0.2, -0.15) is 17.9 Å². The van der Waals surface area contributed by atoms with Gasteiger partial charge in [0.25, 0.3) is 10.0 Å². The highest BCUT2D eigenvalue weighted by molar-refractivity contribution is 7.92. The number of rotatable bonds is 6. The molecule has 1 aliphatic rings. The van der Waals surface area contributed by atoms with Gasteiger partial charge in [0.15, 0.2) is 0 Å². The molecule has 0 radical (unpaired) electrons. The maximum Gasteiger partial charge on any atom is 0.279 e. The molecule has 1 heterocycles. The Hall–Kier alpha value is -3.31. The summed E-state index contributed by atoms with van der Waals surface area (Å²) >= 11 is 0. The number of benzene rings is 3. The summed E-state index contributed by atoms with van der Waals surface area (Å²) in [6.07, 6.45) is 1.19. The van der Waals surface area contributed by atoms with Gasteiger partial charge in [0.05, 0.1) is 22.9 Å². The van der Waals surface area contributed by atoms with Crippen LogP contribution in [-0.4, -0.2) is 33.2 Å². The standard InChI is InChI=1S/C22H19F2N3O4S2/c1-32(28,29)26-19-9-5-15(6-10-19)21-14-22(16-3-2-4-18(24)13-16)27(25-21)33(30,31)20-11-7-17(23)8-12-20/h2-13,22,26H,14H2,1H3/t22-/m0/s1. The third kappa shape index (κ3) is 5.04. The van der Waals surface area contributed by atoms with E-state index in [1.807, 2.05) is 0 Å². The molecule has 0 bridgehead atoms. The molecule has 3 aromatic carbocycles. The van der Waals surface area contributed by atoms with Crippen molar-refractivity contribution < 1.29 is 25.6 Å². The molecule has 0 aromatic heterocycles. The number of nitrogens with one attached hydrogen (secondary N) is 1. The van der Waals surface area contributed by atoms with Crippen molar-refractivity contribution >= 4 is 31.4 Å². The zero-order chi connectivity index (χ0) is 23.8. The summed E-state index contributed by atoms with van der Waals surface area (Å²) < 4.78 is 80.0. The number of hydrogen-bond donors (Lipinski definition) is 1. The Kier molecular flexibility index (Phi) is 5.93. The summed E-state index contributed by atoms with van der Waals surface area (Å²) in [7, 11) is -7.62. The highest BCUT2D eigenvalue weighted by Gasteiger charge is 2.37. The predicted molar refractivity (Wildman–Crippen MR) is 121 cm³/mol. The van der Waals surface area contributed by atoms with E-state index in [1.54, 1.807) is 18.2 Å². The molecule has 3 aromatic rings. The quantitative estimate of drug-likeness (QED) is 0.566. The van der Waals surface area contributed by atoms with Crippen LogP contribution >= 0.6 is 0 Å². The van der Waals surface area contributed by atoms with Crippen LogP contribution in [0.4, 0.5) is 14.5 Å². The molecule has 0 saturated carbocycles. The molecule has 172 valence electrons. The molecule has 33 heavy (non-hydrogen) atoms. The topological polar surface area (TPSA) is 95.9 Å². The fourth-order valence-corrected chi connectivity index (χ4v) is 5.50. The van der Waals surface area contributed by atoms with Crippen LogP contribution in [0.2, 0.25) is 0 Å². The largest absolute Gasteiger partial charge is 0.284 e. The third-order valence-electron chi connectivity index (χ3n) is 4.99. The van der Waals surface area contributed by atoms with Crippen molar-refractivity contribution in [2.24, 2.45) is 5.10 Å². The van der Waals surface area contributed by atoms with Gasteiger partial charge in [-0.3, -0.25) is 4.72 Å². The monoisotopic (exact) mass is 491 g/mol. The minimum Gasteiger partial charge on any atom is -0.284 e. The van der Waals surface area contributed by atoms with Crippen LogP contribution in [0, 0.1) is 11.6 Å². The average Bonchev–Trinajstić information content (AvgIpc) is 3.20. The van der Waals surface area contributed by atoms with Gasteiger partial charge in [-0.15, -0.1) is 0 Å². The van der Waals surface area contributed by atoms with Crippen LogP contribution in [0.15, 0.2) is 82.8 Å². The summed E-state index contributed by atoms with van der Waals surface area (Å²) in [6, 6.07) is 15.4. The summed E-state index contributed by atoms with van der Waals surface area (Å²) in [5.74, 6) is -1.10. The molecule has 0 unspecified atom stereocenters. The maximum atomic E-state index is 13.9. The molecule has 11 heteroatoms. The number of nitrogens with zero attached hydrogens (tertiary/aromatic N) is 2. The van der Waals surface area contributed by atoms with Crippen molar-refractivity contribution in [1.29, 1.82) is 0 Å². The lowest BCUT2D eigenvalue weighted by Crippen LogP contribution is -2.27. The van der Waals surface area contributed by atoms with Gasteiger partial charge >= 0.3 is 0 Å². The molecule has 1 aliphatic heterocycles. The summed E-state index contributed by atoms with van der Waals surface area (Å²) in [4.78, 5) is -0.150. The Morgan fingerprint density at radius 1 is 0.909 bits per heavy atom. The van der Waals surface area contributed by atoms with E-state index in [0.717, 1.165) is 34.9 Å². The molecule has 0 fully saturated rings. The minimum atomic E-state index is -4.17. The summed E-state index contributed by atoms with van der Waals surface area (Å²) in [5, 5.41) is 4.33. The molecule has 0 amide bonds. The zero-order valence-electron chi connectivity index (χ0n) is 17.3. The lowest BCUT2D eigenvalue weighted by atomic mass is 9.99. The van der Waals surface area contributed by atoms with E-state index in [2.05, 4.69) is 9.82 Å². The molecule has 0 aliphatic carbocycles. The van der Waals surface area contributed by atoms with Crippen LogP contribution in [0.1, 0.15) is 23.6 Å². The van der Waals surface area contributed by atoms with Gasteiger partial charge in [0.1, 0.15) is 11.6 Å². The number of hydrogen-bond acceptors (Lipinski definition) is 5. The SMILES string of the molecule is CS(=O)(=O)Nc1ccc(C2=NN(S(=O)(=O)c3ccc(F)cc3)[C@H](c3cccc(F)c3)C2)cc1. The molecular formula is C22H19F2N3O4S2. The predicted octanol–water partition coefficient (Wildman–Crippen LogP) is 3.88. The summed E-state index contributed by atoms with van der Waals surface area (Å²) in [6.45, 7) is 0. The van der Waals surface area contributed by atoms with Crippen molar-refractivity contribution in [1.82, 2.24) is 4.41 Å². The van der Waals surface area contributed by atoms with E-state index in [1.165, 1.54) is 30.3 Å². The second kappa shape index (κ2) is 8.56.